The van der Waals surface area contributed by atoms with Gasteiger partial charge in [0.25, 0.3) is 0 Å². The molecule has 1 heterocycles. The first-order valence-corrected chi connectivity index (χ1v) is 6.05. The monoisotopic (exact) mass is 305 g/mol. The lowest BCUT2D eigenvalue weighted by molar-refractivity contribution is 0.292. The number of halogens is 2. The summed E-state index contributed by atoms with van der Waals surface area (Å²) in [7, 11) is 0. The van der Waals surface area contributed by atoms with Crippen LogP contribution in [0.25, 0.3) is 11.0 Å². The molecule has 0 amide bonds. The standard InChI is InChI=1S/C13H19N3O.2ClH/c1-4-16(5-2)8-10-12(17)7-6-11-13(10)15-9(3)14-11;;/h6-7,17H,4-5,8H2,1-3H3,(H,14,15);2*1H. The third-order valence-electron chi connectivity index (χ3n) is 3.13. The number of nitrogens with one attached hydrogen (secondary N) is 1. The number of fused-ring (bicyclic) bond motifs is 1. The Morgan fingerprint density at radius 1 is 1.21 bits per heavy atom. The van der Waals surface area contributed by atoms with E-state index < -0.39 is 0 Å². The molecule has 0 saturated heterocycles. The van der Waals surface area contributed by atoms with E-state index in [0.29, 0.717) is 5.75 Å². The molecule has 6 heteroatoms. The van der Waals surface area contributed by atoms with Gasteiger partial charge in [0.2, 0.25) is 0 Å². The van der Waals surface area contributed by atoms with E-state index in [1.165, 1.54) is 0 Å². The highest BCUT2D eigenvalue weighted by Gasteiger charge is 2.12. The third-order valence-corrected chi connectivity index (χ3v) is 3.13. The van der Waals surface area contributed by atoms with Crippen LogP contribution in [-0.4, -0.2) is 33.1 Å². The van der Waals surface area contributed by atoms with Crippen LogP contribution in [0.3, 0.4) is 0 Å². The number of phenolic OH excluding ortho intramolecular Hbond substituents is 1. The quantitative estimate of drug-likeness (QED) is 0.911. The first-order chi connectivity index (χ1) is 8.15. The lowest BCUT2D eigenvalue weighted by atomic mass is 10.1. The fraction of sp³-hybridized carbons (Fsp3) is 0.462. The molecule has 0 aliphatic rings. The highest BCUT2D eigenvalue weighted by atomic mass is 35.5. The number of aromatic amines is 1. The second-order valence-electron chi connectivity index (χ2n) is 4.24. The molecule has 1 aromatic carbocycles. The van der Waals surface area contributed by atoms with Gasteiger partial charge in [0.05, 0.1) is 11.0 Å². The van der Waals surface area contributed by atoms with E-state index in [4.69, 9.17) is 0 Å². The summed E-state index contributed by atoms with van der Waals surface area (Å²) in [4.78, 5) is 9.91. The highest BCUT2D eigenvalue weighted by molar-refractivity contribution is 5.85. The maximum atomic E-state index is 9.98. The maximum Gasteiger partial charge on any atom is 0.122 e. The number of aryl methyl sites for hydroxylation is 1. The van der Waals surface area contributed by atoms with E-state index in [0.717, 1.165) is 42.1 Å². The van der Waals surface area contributed by atoms with Crippen molar-refractivity contribution in [3.63, 3.8) is 0 Å². The Kier molecular flexibility index (Phi) is 7.19. The van der Waals surface area contributed by atoms with E-state index in [2.05, 4.69) is 28.7 Å². The summed E-state index contributed by atoms with van der Waals surface area (Å²) < 4.78 is 0. The summed E-state index contributed by atoms with van der Waals surface area (Å²) >= 11 is 0. The smallest absolute Gasteiger partial charge is 0.122 e. The van der Waals surface area contributed by atoms with Crippen LogP contribution in [0.1, 0.15) is 25.2 Å². The molecule has 2 aromatic rings. The van der Waals surface area contributed by atoms with E-state index in [1.54, 1.807) is 6.07 Å². The van der Waals surface area contributed by atoms with Crippen LogP contribution in [0.4, 0.5) is 0 Å². The van der Waals surface area contributed by atoms with Crippen molar-refractivity contribution in [1.29, 1.82) is 0 Å². The molecule has 0 aliphatic heterocycles. The average Bonchev–Trinajstić information content (AvgIpc) is 2.69. The van der Waals surface area contributed by atoms with Gasteiger partial charge in [-0.15, -0.1) is 24.8 Å². The van der Waals surface area contributed by atoms with Crippen molar-refractivity contribution in [2.24, 2.45) is 0 Å². The van der Waals surface area contributed by atoms with Crippen molar-refractivity contribution in [3.8, 4) is 5.75 Å². The molecule has 0 bridgehead atoms. The van der Waals surface area contributed by atoms with Crippen LogP contribution in [0.15, 0.2) is 12.1 Å². The van der Waals surface area contributed by atoms with Crippen LogP contribution in [0, 0.1) is 6.92 Å². The molecule has 2 N–H and O–H groups in total. The first kappa shape index (κ1) is 18.0. The molecule has 0 radical (unpaired) electrons. The molecule has 0 fully saturated rings. The van der Waals surface area contributed by atoms with Gasteiger partial charge in [0.1, 0.15) is 11.6 Å². The van der Waals surface area contributed by atoms with Gasteiger partial charge in [-0.2, -0.15) is 0 Å². The molecule has 4 nitrogen and oxygen atoms in total. The predicted molar refractivity (Wildman–Crippen MR) is 83.6 cm³/mol. The lowest BCUT2D eigenvalue weighted by Crippen LogP contribution is -2.22. The number of hydrogen-bond acceptors (Lipinski definition) is 3. The van der Waals surface area contributed by atoms with Crippen molar-refractivity contribution < 1.29 is 5.11 Å². The molecule has 19 heavy (non-hydrogen) atoms. The van der Waals surface area contributed by atoms with Gasteiger partial charge in [0, 0.05) is 12.1 Å². The maximum absolute atomic E-state index is 9.98. The molecule has 108 valence electrons. The zero-order chi connectivity index (χ0) is 12.4. The fourth-order valence-corrected chi connectivity index (χ4v) is 2.07. The van der Waals surface area contributed by atoms with Gasteiger partial charge >= 0.3 is 0 Å². The summed E-state index contributed by atoms with van der Waals surface area (Å²) in [6.45, 7) is 8.84. The highest BCUT2D eigenvalue weighted by Crippen LogP contribution is 2.26. The van der Waals surface area contributed by atoms with Crippen molar-refractivity contribution in [2.45, 2.75) is 27.3 Å². The molecule has 0 atom stereocenters. The first-order valence-electron chi connectivity index (χ1n) is 6.05. The Bertz CT molecular complexity index is 524. The van der Waals surface area contributed by atoms with Crippen molar-refractivity contribution in [1.82, 2.24) is 14.9 Å². The Morgan fingerprint density at radius 3 is 2.42 bits per heavy atom. The number of H-pyrrole nitrogens is 1. The van der Waals surface area contributed by atoms with Crippen LogP contribution in [-0.2, 0) is 6.54 Å². The third kappa shape index (κ3) is 3.75. The summed E-state index contributed by atoms with van der Waals surface area (Å²) in [5.41, 5.74) is 2.78. The van der Waals surface area contributed by atoms with Crippen molar-refractivity contribution in [2.75, 3.05) is 13.1 Å². The Hall–Kier alpha value is -0.970. The SMILES string of the molecule is CCN(CC)Cc1c(O)ccc2[nH]c(C)nc12.Cl.Cl. The number of phenols is 1. The van der Waals surface area contributed by atoms with E-state index in [9.17, 15) is 5.11 Å². The molecule has 0 aliphatic carbocycles. The normalized spacial score (nSPS) is 10.3. The van der Waals surface area contributed by atoms with Gasteiger partial charge in [0.15, 0.2) is 0 Å². The second kappa shape index (κ2) is 7.58. The van der Waals surface area contributed by atoms with Gasteiger partial charge in [-0.1, -0.05) is 13.8 Å². The second-order valence-corrected chi connectivity index (χ2v) is 4.24. The van der Waals surface area contributed by atoms with Crippen molar-refractivity contribution >= 4 is 35.8 Å². The minimum atomic E-state index is 0. The number of rotatable bonds is 4. The van der Waals surface area contributed by atoms with Gasteiger partial charge in [-0.3, -0.25) is 4.90 Å². The molecule has 0 unspecified atom stereocenters. The summed E-state index contributed by atoms with van der Waals surface area (Å²) in [6.07, 6.45) is 0. The Labute approximate surface area is 126 Å². The van der Waals surface area contributed by atoms with E-state index >= 15 is 0 Å². The Morgan fingerprint density at radius 2 is 1.84 bits per heavy atom. The van der Waals surface area contributed by atoms with Gasteiger partial charge < -0.3 is 10.1 Å². The topological polar surface area (TPSA) is 52.1 Å². The van der Waals surface area contributed by atoms with Crippen molar-refractivity contribution in [3.05, 3.63) is 23.5 Å². The molecule has 1 aromatic heterocycles. The minimum Gasteiger partial charge on any atom is -0.508 e. The average molecular weight is 306 g/mol. The number of aromatic nitrogens is 2. The fourth-order valence-electron chi connectivity index (χ4n) is 2.07. The summed E-state index contributed by atoms with van der Waals surface area (Å²) in [5.74, 6) is 1.21. The molecule has 2 rings (SSSR count). The zero-order valence-electron chi connectivity index (χ0n) is 11.4. The number of imidazole rings is 1. The minimum absolute atomic E-state index is 0. The Balaban J connectivity index is 0.00000162. The number of hydrogen-bond donors (Lipinski definition) is 2. The summed E-state index contributed by atoms with van der Waals surface area (Å²) in [6, 6.07) is 3.61. The van der Waals surface area contributed by atoms with Crippen LogP contribution >= 0.6 is 24.8 Å². The summed E-state index contributed by atoms with van der Waals surface area (Å²) in [5, 5.41) is 9.98. The van der Waals surface area contributed by atoms with E-state index in [-0.39, 0.29) is 24.8 Å². The number of benzene rings is 1. The zero-order valence-corrected chi connectivity index (χ0v) is 13.1. The lowest BCUT2D eigenvalue weighted by Gasteiger charge is -2.18. The van der Waals surface area contributed by atoms with Crippen LogP contribution in [0.5, 0.6) is 5.75 Å². The largest absolute Gasteiger partial charge is 0.508 e. The van der Waals surface area contributed by atoms with Gasteiger partial charge in [-0.05, 0) is 32.1 Å². The van der Waals surface area contributed by atoms with Gasteiger partial charge in [-0.25, -0.2) is 4.98 Å². The molecular weight excluding hydrogens is 285 g/mol. The predicted octanol–water partition coefficient (Wildman–Crippen LogP) is 3.26. The van der Waals surface area contributed by atoms with Crippen LogP contribution < -0.4 is 0 Å². The number of nitrogens with zero attached hydrogens (tertiary/aromatic N) is 2. The number of aromatic hydroxyl groups is 1. The molecular formula is C13H21Cl2N3O. The molecule has 0 saturated carbocycles. The van der Waals surface area contributed by atoms with E-state index in [1.807, 2.05) is 13.0 Å². The molecule has 0 spiro atoms. The van der Waals surface area contributed by atoms with Crippen LogP contribution in [0.2, 0.25) is 0 Å².